The van der Waals surface area contributed by atoms with E-state index in [1.165, 1.54) is 0 Å². The largest absolute Gasteiger partial charge is 0.344 e. The van der Waals surface area contributed by atoms with Gasteiger partial charge in [-0.3, -0.25) is 9.59 Å². The number of hydrogen-bond donors (Lipinski definition) is 2. The number of halogens is 2. The molecule has 1 aliphatic heterocycles. The smallest absolute Gasteiger partial charge is 0.246 e. The Morgan fingerprint density at radius 2 is 2.29 bits per heavy atom. The summed E-state index contributed by atoms with van der Waals surface area (Å²) in [6, 6.07) is 4.76. The van der Waals surface area contributed by atoms with E-state index in [-0.39, 0.29) is 11.8 Å². The molecule has 90 valence electrons. The summed E-state index contributed by atoms with van der Waals surface area (Å²) in [5.74, 6) is -0.311. The van der Waals surface area contributed by atoms with Crippen LogP contribution >= 0.6 is 27.5 Å². The number of rotatable bonds is 2. The van der Waals surface area contributed by atoms with Crippen LogP contribution in [-0.2, 0) is 9.59 Å². The SMILES string of the molecule is O=C1CCC(C(=O)Nc2cccc(Cl)c2Br)N1. The quantitative estimate of drug-likeness (QED) is 0.879. The lowest BCUT2D eigenvalue weighted by atomic mass is 10.2. The fourth-order valence-electron chi connectivity index (χ4n) is 1.63. The first-order valence-corrected chi connectivity index (χ1v) is 6.29. The van der Waals surface area contributed by atoms with Crippen LogP contribution in [0, 0.1) is 0 Å². The highest BCUT2D eigenvalue weighted by Crippen LogP contribution is 2.30. The maximum absolute atomic E-state index is 11.8. The molecule has 0 aliphatic carbocycles. The Hall–Kier alpha value is -1.07. The fraction of sp³-hybridized carbons (Fsp3) is 0.273. The molecule has 17 heavy (non-hydrogen) atoms. The average molecular weight is 318 g/mol. The summed E-state index contributed by atoms with van der Waals surface area (Å²) >= 11 is 9.21. The van der Waals surface area contributed by atoms with E-state index in [9.17, 15) is 9.59 Å². The van der Waals surface area contributed by atoms with Crippen molar-refractivity contribution in [3.8, 4) is 0 Å². The Morgan fingerprint density at radius 1 is 1.53 bits per heavy atom. The molecule has 1 heterocycles. The second kappa shape index (κ2) is 5.06. The molecule has 2 N–H and O–H groups in total. The van der Waals surface area contributed by atoms with Crippen molar-refractivity contribution in [3.05, 3.63) is 27.7 Å². The van der Waals surface area contributed by atoms with Gasteiger partial charge in [0, 0.05) is 6.42 Å². The molecule has 0 spiro atoms. The lowest BCUT2D eigenvalue weighted by Gasteiger charge is -2.12. The lowest BCUT2D eigenvalue weighted by Crippen LogP contribution is -2.37. The van der Waals surface area contributed by atoms with Crippen molar-refractivity contribution in [3.63, 3.8) is 0 Å². The minimum atomic E-state index is -0.451. The minimum absolute atomic E-state index is 0.0877. The number of carbonyl (C=O) groups is 2. The predicted octanol–water partition coefficient (Wildman–Crippen LogP) is 2.32. The molecule has 2 amide bonds. The Bertz CT molecular complexity index is 479. The molecule has 6 heteroatoms. The summed E-state index contributed by atoms with van der Waals surface area (Å²) in [4.78, 5) is 22.8. The van der Waals surface area contributed by atoms with E-state index < -0.39 is 6.04 Å². The van der Waals surface area contributed by atoms with Crippen LogP contribution in [0.2, 0.25) is 5.02 Å². The van der Waals surface area contributed by atoms with Gasteiger partial charge >= 0.3 is 0 Å². The van der Waals surface area contributed by atoms with Gasteiger partial charge in [0.15, 0.2) is 0 Å². The van der Waals surface area contributed by atoms with Gasteiger partial charge in [-0.15, -0.1) is 0 Å². The van der Waals surface area contributed by atoms with Crippen LogP contribution in [0.15, 0.2) is 22.7 Å². The molecule has 1 atom stereocenters. The number of nitrogens with one attached hydrogen (secondary N) is 2. The molecule has 1 saturated heterocycles. The zero-order valence-corrected chi connectivity index (χ0v) is 11.1. The van der Waals surface area contributed by atoms with E-state index in [4.69, 9.17) is 11.6 Å². The van der Waals surface area contributed by atoms with Crippen LogP contribution in [-0.4, -0.2) is 17.9 Å². The van der Waals surface area contributed by atoms with E-state index in [1.807, 2.05) is 0 Å². The summed E-state index contributed by atoms with van der Waals surface area (Å²) in [7, 11) is 0. The number of benzene rings is 1. The van der Waals surface area contributed by atoms with E-state index in [0.29, 0.717) is 28.0 Å². The van der Waals surface area contributed by atoms with Crippen molar-refractivity contribution in [2.45, 2.75) is 18.9 Å². The van der Waals surface area contributed by atoms with Crippen molar-refractivity contribution in [2.75, 3.05) is 5.32 Å². The van der Waals surface area contributed by atoms with Gasteiger partial charge in [0.2, 0.25) is 11.8 Å². The van der Waals surface area contributed by atoms with Gasteiger partial charge in [-0.05, 0) is 34.5 Å². The summed E-state index contributed by atoms with van der Waals surface area (Å²) in [6.45, 7) is 0. The van der Waals surface area contributed by atoms with Crippen LogP contribution in [0.25, 0.3) is 0 Å². The molecular weight excluding hydrogens is 307 g/mol. The van der Waals surface area contributed by atoms with Crippen molar-refractivity contribution in [1.29, 1.82) is 0 Å². The van der Waals surface area contributed by atoms with Crippen LogP contribution in [0.4, 0.5) is 5.69 Å². The van der Waals surface area contributed by atoms with E-state index in [1.54, 1.807) is 18.2 Å². The maximum atomic E-state index is 11.8. The van der Waals surface area contributed by atoms with Gasteiger partial charge in [0.1, 0.15) is 6.04 Å². The summed E-state index contributed by atoms with van der Waals surface area (Å²) in [5.41, 5.74) is 0.601. The van der Waals surface area contributed by atoms with Crippen molar-refractivity contribution in [1.82, 2.24) is 5.32 Å². The maximum Gasteiger partial charge on any atom is 0.246 e. The van der Waals surface area contributed by atoms with Gasteiger partial charge in [0.05, 0.1) is 15.2 Å². The third kappa shape index (κ3) is 2.79. The molecule has 0 bridgehead atoms. The Kier molecular flexibility index (Phi) is 3.69. The van der Waals surface area contributed by atoms with Crippen LogP contribution in [0.3, 0.4) is 0 Å². The van der Waals surface area contributed by atoms with Crippen molar-refractivity contribution in [2.24, 2.45) is 0 Å². The lowest BCUT2D eigenvalue weighted by molar-refractivity contribution is -0.122. The number of anilines is 1. The van der Waals surface area contributed by atoms with E-state index >= 15 is 0 Å². The Labute approximate surface area is 112 Å². The van der Waals surface area contributed by atoms with Gasteiger partial charge in [0.25, 0.3) is 0 Å². The second-order valence-electron chi connectivity index (χ2n) is 3.75. The standard InChI is InChI=1S/C11H10BrClN2O2/c12-10-6(13)2-1-3-7(10)15-11(17)8-4-5-9(16)14-8/h1-3,8H,4-5H2,(H,14,16)(H,15,17). The highest BCUT2D eigenvalue weighted by molar-refractivity contribution is 9.10. The molecule has 0 saturated carbocycles. The fourth-order valence-corrected chi connectivity index (χ4v) is 2.17. The molecule has 1 aliphatic rings. The Morgan fingerprint density at radius 3 is 2.94 bits per heavy atom. The van der Waals surface area contributed by atoms with Crippen molar-refractivity contribution >= 4 is 45.0 Å². The second-order valence-corrected chi connectivity index (χ2v) is 4.95. The monoisotopic (exact) mass is 316 g/mol. The number of amides is 2. The normalized spacial score (nSPS) is 18.9. The van der Waals surface area contributed by atoms with Crippen molar-refractivity contribution < 1.29 is 9.59 Å². The van der Waals surface area contributed by atoms with E-state index in [2.05, 4.69) is 26.6 Å². The molecular formula is C11H10BrClN2O2. The minimum Gasteiger partial charge on any atom is -0.344 e. The van der Waals surface area contributed by atoms with E-state index in [0.717, 1.165) is 0 Å². The van der Waals surface area contributed by atoms with Gasteiger partial charge in [-0.25, -0.2) is 0 Å². The molecule has 0 radical (unpaired) electrons. The summed E-state index contributed by atoms with van der Waals surface area (Å²) in [6.07, 6.45) is 0.928. The highest BCUT2D eigenvalue weighted by Gasteiger charge is 2.27. The number of hydrogen-bond acceptors (Lipinski definition) is 2. The first-order chi connectivity index (χ1) is 8.08. The predicted molar refractivity (Wildman–Crippen MR) is 68.9 cm³/mol. The zero-order valence-electron chi connectivity index (χ0n) is 8.80. The topological polar surface area (TPSA) is 58.2 Å². The first kappa shape index (κ1) is 12.4. The molecule has 1 fully saturated rings. The number of carbonyl (C=O) groups excluding carboxylic acids is 2. The molecule has 4 nitrogen and oxygen atoms in total. The molecule has 2 rings (SSSR count). The van der Waals surface area contributed by atoms with Gasteiger partial charge in [-0.2, -0.15) is 0 Å². The molecule has 0 aromatic heterocycles. The van der Waals surface area contributed by atoms with Crippen LogP contribution < -0.4 is 10.6 Å². The highest BCUT2D eigenvalue weighted by atomic mass is 79.9. The van der Waals surface area contributed by atoms with Crippen LogP contribution in [0.1, 0.15) is 12.8 Å². The van der Waals surface area contributed by atoms with Gasteiger partial charge in [-0.1, -0.05) is 17.7 Å². The Balaban J connectivity index is 2.08. The summed E-state index contributed by atoms with van der Waals surface area (Å²) < 4.78 is 0.638. The molecule has 1 unspecified atom stereocenters. The molecule has 1 aromatic rings. The summed E-state index contributed by atoms with van der Waals surface area (Å²) in [5, 5.41) is 5.86. The third-order valence-electron chi connectivity index (χ3n) is 2.52. The third-order valence-corrected chi connectivity index (χ3v) is 3.92. The first-order valence-electron chi connectivity index (χ1n) is 5.12. The zero-order chi connectivity index (χ0) is 12.4. The van der Waals surface area contributed by atoms with Gasteiger partial charge < -0.3 is 10.6 Å². The molecule has 1 aromatic carbocycles. The van der Waals surface area contributed by atoms with Crippen LogP contribution in [0.5, 0.6) is 0 Å². The average Bonchev–Trinajstić information content (AvgIpc) is 2.72.